The van der Waals surface area contributed by atoms with Gasteiger partial charge in [-0.05, 0) is 84.0 Å². The number of fused-ring (bicyclic) bond motifs is 1. The van der Waals surface area contributed by atoms with E-state index >= 15 is 0 Å². The van der Waals surface area contributed by atoms with E-state index in [0.717, 1.165) is 58.0 Å². The zero-order valence-electron chi connectivity index (χ0n) is 21.9. The number of rotatable bonds is 12. The normalized spacial score (nSPS) is 12.7. The molecular formula is C30H37NO5. The van der Waals surface area contributed by atoms with E-state index in [9.17, 15) is 14.7 Å². The van der Waals surface area contributed by atoms with Crippen LogP contribution in [0.3, 0.4) is 0 Å². The van der Waals surface area contributed by atoms with Gasteiger partial charge in [0.05, 0.1) is 13.5 Å². The lowest BCUT2D eigenvalue weighted by Crippen LogP contribution is -2.37. The number of hydrogen-bond acceptors (Lipinski definition) is 4. The van der Waals surface area contributed by atoms with Gasteiger partial charge in [-0.25, -0.2) is 0 Å². The van der Waals surface area contributed by atoms with Crippen LogP contribution in [0.2, 0.25) is 0 Å². The van der Waals surface area contributed by atoms with E-state index in [1.54, 1.807) is 7.11 Å². The van der Waals surface area contributed by atoms with Gasteiger partial charge in [-0.2, -0.15) is 0 Å². The number of aryl methyl sites for hydroxylation is 2. The Morgan fingerprint density at radius 2 is 1.64 bits per heavy atom. The summed E-state index contributed by atoms with van der Waals surface area (Å²) in [6, 6.07) is 15.8. The summed E-state index contributed by atoms with van der Waals surface area (Å²) in [5, 5.41) is 14.7. The Morgan fingerprint density at radius 1 is 0.944 bits per heavy atom. The molecule has 0 aliphatic rings. The van der Waals surface area contributed by atoms with Crippen molar-refractivity contribution in [3.8, 4) is 11.5 Å². The van der Waals surface area contributed by atoms with Gasteiger partial charge in [0.15, 0.2) is 6.61 Å². The average Bonchev–Trinajstić information content (AvgIpc) is 2.85. The van der Waals surface area contributed by atoms with Crippen molar-refractivity contribution >= 4 is 22.6 Å². The standard InChI is InChI=1S/C30H37NO5/c1-6-8-24(7-2)31-28(32)18-36-25-12-11-21-9-10-22(15-23(21)16-25)27(17-29(33)34)30-19(3)13-26(35-5)14-20(30)4/h9-16,24,27H,6-8,17-18H2,1-5H3,(H,31,32)(H,33,34). The van der Waals surface area contributed by atoms with Crippen LogP contribution >= 0.6 is 0 Å². The summed E-state index contributed by atoms with van der Waals surface area (Å²) < 4.78 is 11.2. The minimum atomic E-state index is -0.855. The van der Waals surface area contributed by atoms with Gasteiger partial charge in [-0.1, -0.05) is 44.5 Å². The lowest BCUT2D eigenvalue weighted by molar-refractivity contribution is -0.137. The molecule has 0 fully saturated rings. The minimum Gasteiger partial charge on any atom is -0.497 e. The topological polar surface area (TPSA) is 84.9 Å². The van der Waals surface area contributed by atoms with Crippen molar-refractivity contribution in [2.75, 3.05) is 13.7 Å². The second-order valence-electron chi connectivity index (χ2n) is 9.34. The molecule has 3 aromatic rings. The van der Waals surface area contributed by atoms with E-state index in [4.69, 9.17) is 9.47 Å². The number of nitrogens with one attached hydrogen (secondary N) is 1. The van der Waals surface area contributed by atoms with Gasteiger partial charge in [0, 0.05) is 12.0 Å². The highest BCUT2D eigenvalue weighted by atomic mass is 16.5. The quantitative estimate of drug-likeness (QED) is 0.318. The molecule has 0 aliphatic carbocycles. The van der Waals surface area contributed by atoms with Gasteiger partial charge >= 0.3 is 5.97 Å². The van der Waals surface area contributed by atoms with Crippen LogP contribution in [0.25, 0.3) is 10.8 Å². The summed E-state index contributed by atoms with van der Waals surface area (Å²) in [6.07, 6.45) is 2.84. The van der Waals surface area contributed by atoms with Gasteiger partial charge in [-0.3, -0.25) is 9.59 Å². The van der Waals surface area contributed by atoms with Gasteiger partial charge in [0.2, 0.25) is 0 Å². The Balaban J connectivity index is 1.88. The monoisotopic (exact) mass is 491 g/mol. The Hall–Kier alpha value is -3.54. The summed E-state index contributed by atoms with van der Waals surface area (Å²) in [5.41, 5.74) is 3.91. The first kappa shape index (κ1) is 27.1. The number of aliphatic carboxylic acids is 1. The summed E-state index contributed by atoms with van der Waals surface area (Å²) >= 11 is 0. The Kier molecular flexibility index (Phi) is 9.34. The highest BCUT2D eigenvalue weighted by Gasteiger charge is 2.23. The molecule has 36 heavy (non-hydrogen) atoms. The van der Waals surface area contributed by atoms with Crippen LogP contribution in [0, 0.1) is 13.8 Å². The van der Waals surface area contributed by atoms with Crippen molar-refractivity contribution < 1.29 is 24.2 Å². The fourth-order valence-electron chi connectivity index (χ4n) is 4.86. The van der Waals surface area contributed by atoms with Crippen LogP contribution in [-0.4, -0.2) is 36.7 Å². The Bertz CT molecular complexity index is 1200. The Morgan fingerprint density at radius 3 is 2.25 bits per heavy atom. The molecule has 3 rings (SSSR count). The third-order valence-corrected chi connectivity index (χ3v) is 6.63. The number of ether oxygens (including phenoxy) is 2. The third-order valence-electron chi connectivity index (χ3n) is 6.63. The highest BCUT2D eigenvalue weighted by molar-refractivity contribution is 5.85. The molecular weight excluding hydrogens is 454 g/mol. The number of methoxy groups -OCH3 is 1. The maximum Gasteiger partial charge on any atom is 0.304 e. The van der Waals surface area contributed by atoms with Crippen LogP contribution in [0.1, 0.15) is 67.7 Å². The molecule has 3 aromatic carbocycles. The van der Waals surface area contributed by atoms with E-state index < -0.39 is 5.97 Å². The molecule has 192 valence electrons. The van der Waals surface area contributed by atoms with Gasteiger partial charge in [-0.15, -0.1) is 0 Å². The molecule has 0 radical (unpaired) electrons. The molecule has 2 atom stereocenters. The van der Waals surface area contributed by atoms with Crippen molar-refractivity contribution in [1.29, 1.82) is 0 Å². The molecule has 6 heteroatoms. The first-order valence-electron chi connectivity index (χ1n) is 12.6. The van der Waals surface area contributed by atoms with E-state index in [-0.39, 0.29) is 30.9 Å². The smallest absolute Gasteiger partial charge is 0.304 e. The predicted molar refractivity (Wildman–Crippen MR) is 143 cm³/mol. The fraction of sp³-hybridized carbons (Fsp3) is 0.400. The van der Waals surface area contributed by atoms with Gasteiger partial charge in [0.1, 0.15) is 11.5 Å². The number of hydrogen-bond donors (Lipinski definition) is 2. The van der Waals surface area contributed by atoms with Crippen molar-refractivity contribution in [1.82, 2.24) is 5.32 Å². The molecule has 6 nitrogen and oxygen atoms in total. The van der Waals surface area contributed by atoms with Crippen molar-refractivity contribution in [2.45, 2.75) is 65.3 Å². The zero-order chi connectivity index (χ0) is 26.2. The molecule has 0 saturated carbocycles. The molecule has 0 bridgehead atoms. The molecule has 0 aromatic heterocycles. The first-order chi connectivity index (χ1) is 17.2. The molecule has 0 spiro atoms. The van der Waals surface area contributed by atoms with E-state index in [1.165, 1.54) is 0 Å². The number of carbonyl (C=O) groups excluding carboxylic acids is 1. The number of benzene rings is 3. The summed E-state index contributed by atoms with van der Waals surface area (Å²) in [6.45, 7) is 8.10. The van der Waals surface area contributed by atoms with Crippen molar-refractivity contribution in [3.63, 3.8) is 0 Å². The number of carboxylic acid groups (broad SMARTS) is 1. The van der Waals surface area contributed by atoms with Crippen LogP contribution in [-0.2, 0) is 9.59 Å². The first-order valence-corrected chi connectivity index (χ1v) is 12.6. The zero-order valence-corrected chi connectivity index (χ0v) is 21.9. The van der Waals surface area contributed by atoms with E-state index in [1.807, 2.05) is 62.4 Å². The van der Waals surface area contributed by atoms with E-state index in [2.05, 4.69) is 19.2 Å². The summed E-state index contributed by atoms with van der Waals surface area (Å²) in [7, 11) is 1.63. The van der Waals surface area contributed by atoms with Gasteiger partial charge < -0.3 is 19.9 Å². The minimum absolute atomic E-state index is 0.0216. The van der Waals surface area contributed by atoms with Crippen molar-refractivity contribution in [3.05, 3.63) is 70.8 Å². The third kappa shape index (κ3) is 6.78. The number of amides is 1. The summed E-state index contributed by atoms with van der Waals surface area (Å²) in [4.78, 5) is 24.2. The molecule has 0 aliphatic heterocycles. The van der Waals surface area contributed by atoms with Gasteiger partial charge in [0.25, 0.3) is 5.91 Å². The molecule has 2 unspecified atom stereocenters. The lowest BCUT2D eigenvalue weighted by Gasteiger charge is -2.22. The molecule has 1 amide bonds. The highest BCUT2D eigenvalue weighted by Crippen LogP contribution is 2.36. The van der Waals surface area contributed by atoms with Crippen LogP contribution < -0.4 is 14.8 Å². The average molecular weight is 492 g/mol. The maximum absolute atomic E-state index is 12.3. The second-order valence-corrected chi connectivity index (χ2v) is 9.34. The molecule has 0 heterocycles. The second kappa shape index (κ2) is 12.4. The van der Waals surface area contributed by atoms with Crippen molar-refractivity contribution in [2.24, 2.45) is 0 Å². The summed E-state index contributed by atoms with van der Waals surface area (Å²) in [5.74, 6) is 0.0668. The lowest BCUT2D eigenvalue weighted by atomic mass is 9.82. The predicted octanol–water partition coefficient (Wildman–Crippen LogP) is 6.15. The fourth-order valence-corrected chi connectivity index (χ4v) is 4.86. The number of carboxylic acids is 1. The maximum atomic E-state index is 12.3. The molecule has 2 N–H and O–H groups in total. The number of carbonyl (C=O) groups is 2. The van der Waals surface area contributed by atoms with Crippen LogP contribution in [0.15, 0.2) is 48.5 Å². The van der Waals surface area contributed by atoms with Crippen LogP contribution in [0.5, 0.6) is 11.5 Å². The van der Waals surface area contributed by atoms with Crippen LogP contribution in [0.4, 0.5) is 0 Å². The Labute approximate surface area is 213 Å². The SMILES string of the molecule is CCCC(CC)NC(=O)COc1ccc2ccc(C(CC(=O)O)c3c(C)cc(OC)cc3C)cc2c1. The largest absolute Gasteiger partial charge is 0.497 e. The molecule has 0 saturated heterocycles. The van der Waals surface area contributed by atoms with E-state index in [0.29, 0.717) is 5.75 Å².